The van der Waals surface area contributed by atoms with Crippen LogP contribution in [0, 0.1) is 6.92 Å². The highest BCUT2D eigenvalue weighted by Gasteiger charge is 2.20. The molecule has 1 aliphatic heterocycles. The topological polar surface area (TPSA) is 12.0 Å². The molecule has 1 nitrogen and oxygen atoms in total. The molecular weight excluding hydrogens is 182 g/mol. The van der Waals surface area contributed by atoms with Gasteiger partial charge < -0.3 is 5.32 Å². The molecule has 0 radical (unpaired) electrons. The quantitative estimate of drug-likeness (QED) is 0.679. The lowest BCUT2D eigenvalue weighted by molar-refractivity contribution is 0.860. The van der Waals surface area contributed by atoms with Crippen molar-refractivity contribution in [2.45, 2.75) is 19.8 Å². The Hall–Kier alpha value is -1.50. The largest absolute Gasteiger partial charge is 0.384 e. The van der Waals surface area contributed by atoms with E-state index in [2.05, 4.69) is 49.5 Å². The maximum Gasteiger partial charge on any atom is 0.0382 e. The third-order valence-electron chi connectivity index (χ3n) is 3.41. The number of fused-ring (bicyclic) bond motifs is 3. The Morgan fingerprint density at radius 3 is 2.87 bits per heavy atom. The van der Waals surface area contributed by atoms with Crippen molar-refractivity contribution in [3.8, 4) is 0 Å². The van der Waals surface area contributed by atoms with Crippen LogP contribution in [0.1, 0.15) is 24.0 Å². The van der Waals surface area contributed by atoms with Crippen molar-refractivity contribution in [3.05, 3.63) is 41.5 Å². The lowest BCUT2D eigenvalue weighted by Gasteiger charge is -2.09. The number of anilines is 1. The van der Waals surface area contributed by atoms with Crippen molar-refractivity contribution >= 4 is 16.5 Å². The van der Waals surface area contributed by atoms with Crippen molar-refractivity contribution < 1.29 is 0 Å². The van der Waals surface area contributed by atoms with Gasteiger partial charge in [0, 0.05) is 18.2 Å². The molecule has 1 unspecified atom stereocenters. The van der Waals surface area contributed by atoms with Gasteiger partial charge in [0.15, 0.2) is 0 Å². The van der Waals surface area contributed by atoms with Gasteiger partial charge in [-0.2, -0.15) is 0 Å². The molecule has 1 N–H and O–H groups in total. The van der Waals surface area contributed by atoms with Crippen molar-refractivity contribution in [3.63, 3.8) is 0 Å². The van der Waals surface area contributed by atoms with Gasteiger partial charge in [-0.25, -0.2) is 0 Å². The normalized spacial score (nSPS) is 18.9. The summed E-state index contributed by atoms with van der Waals surface area (Å²) in [5.74, 6) is 0.630. The van der Waals surface area contributed by atoms with Gasteiger partial charge in [-0.05, 0) is 34.9 Å². The third-order valence-corrected chi connectivity index (χ3v) is 3.41. The lowest BCUT2D eigenvalue weighted by atomic mass is 9.94. The fourth-order valence-electron chi connectivity index (χ4n) is 2.59. The SMILES string of the molecule is Cc1cccc2c3c(ccc12)NCC3C. The third kappa shape index (κ3) is 1.16. The summed E-state index contributed by atoms with van der Waals surface area (Å²) in [6.07, 6.45) is 0. The van der Waals surface area contributed by atoms with Gasteiger partial charge in [-0.1, -0.05) is 31.2 Å². The van der Waals surface area contributed by atoms with Gasteiger partial charge in [0.25, 0.3) is 0 Å². The van der Waals surface area contributed by atoms with Crippen LogP contribution in [0.4, 0.5) is 5.69 Å². The van der Waals surface area contributed by atoms with Gasteiger partial charge in [-0.15, -0.1) is 0 Å². The van der Waals surface area contributed by atoms with Crippen LogP contribution in [0.3, 0.4) is 0 Å². The van der Waals surface area contributed by atoms with E-state index in [1.165, 1.54) is 27.6 Å². The summed E-state index contributed by atoms with van der Waals surface area (Å²) in [5.41, 5.74) is 4.19. The number of hydrogen-bond donors (Lipinski definition) is 1. The Bertz CT molecular complexity index is 528. The first-order valence-electron chi connectivity index (χ1n) is 5.53. The highest BCUT2D eigenvalue weighted by Crippen LogP contribution is 2.37. The molecule has 2 aromatic rings. The molecule has 0 bridgehead atoms. The number of hydrogen-bond acceptors (Lipinski definition) is 1. The van der Waals surface area contributed by atoms with Crippen LogP contribution in [0.2, 0.25) is 0 Å². The van der Waals surface area contributed by atoms with Crippen molar-refractivity contribution in [2.75, 3.05) is 11.9 Å². The zero-order chi connectivity index (χ0) is 10.4. The molecule has 76 valence electrons. The molecule has 2 aromatic carbocycles. The summed E-state index contributed by atoms with van der Waals surface area (Å²) in [5, 5.41) is 6.28. The van der Waals surface area contributed by atoms with Crippen LogP contribution in [-0.4, -0.2) is 6.54 Å². The first-order valence-corrected chi connectivity index (χ1v) is 5.53. The Morgan fingerprint density at radius 1 is 1.13 bits per heavy atom. The Balaban J connectivity index is 2.43. The molecule has 1 aliphatic rings. The summed E-state index contributed by atoms with van der Waals surface area (Å²) in [6, 6.07) is 11.0. The van der Waals surface area contributed by atoms with E-state index in [1.807, 2.05) is 0 Å². The van der Waals surface area contributed by atoms with E-state index in [0.717, 1.165) is 6.54 Å². The Kier molecular flexibility index (Phi) is 1.75. The monoisotopic (exact) mass is 197 g/mol. The minimum absolute atomic E-state index is 0.630. The molecule has 0 aliphatic carbocycles. The fourth-order valence-corrected chi connectivity index (χ4v) is 2.59. The van der Waals surface area contributed by atoms with Gasteiger partial charge in [0.1, 0.15) is 0 Å². The predicted molar refractivity (Wildman–Crippen MR) is 65.6 cm³/mol. The summed E-state index contributed by atoms with van der Waals surface area (Å²) in [4.78, 5) is 0. The second-order valence-corrected chi connectivity index (χ2v) is 4.48. The maximum absolute atomic E-state index is 3.46. The minimum Gasteiger partial charge on any atom is -0.384 e. The van der Waals surface area contributed by atoms with E-state index in [9.17, 15) is 0 Å². The first kappa shape index (κ1) is 8.78. The minimum atomic E-state index is 0.630. The molecule has 1 atom stereocenters. The van der Waals surface area contributed by atoms with Crippen LogP contribution in [0.5, 0.6) is 0 Å². The fraction of sp³-hybridized carbons (Fsp3) is 0.286. The molecule has 0 spiro atoms. The molecule has 1 heteroatoms. The zero-order valence-electron chi connectivity index (χ0n) is 9.17. The van der Waals surface area contributed by atoms with E-state index < -0.39 is 0 Å². The van der Waals surface area contributed by atoms with Gasteiger partial charge in [-0.3, -0.25) is 0 Å². The van der Waals surface area contributed by atoms with E-state index in [4.69, 9.17) is 0 Å². The highest BCUT2D eigenvalue weighted by atomic mass is 14.9. The number of nitrogens with one attached hydrogen (secondary N) is 1. The molecule has 3 rings (SSSR count). The summed E-state index contributed by atoms with van der Waals surface area (Å²) in [7, 11) is 0. The van der Waals surface area contributed by atoms with E-state index in [0.29, 0.717) is 5.92 Å². The second-order valence-electron chi connectivity index (χ2n) is 4.48. The van der Waals surface area contributed by atoms with Crippen LogP contribution >= 0.6 is 0 Å². The van der Waals surface area contributed by atoms with Crippen molar-refractivity contribution in [1.29, 1.82) is 0 Å². The maximum atomic E-state index is 3.46. The molecule has 0 saturated carbocycles. The molecule has 0 amide bonds. The zero-order valence-corrected chi connectivity index (χ0v) is 9.17. The summed E-state index contributed by atoms with van der Waals surface area (Å²) in [6.45, 7) is 5.55. The van der Waals surface area contributed by atoms with Crippen molar-refractivity contribution in [1.82, 2.24) is 0 Å². The first-order chi connectivity index (χ1) is 7.27. The van der Waals surface area contributed by atoms with Crippen LogP contribution in [-0.2, 0) is 0 Å². The average Bonchev–Trinajstić information content (AvgIpc) is 2.61. The Labute approximate surface area is 90.1 Å². The number of rotatable bonds is 0. The summed E-state index contributed by atoms with van der Waals surface area (Å²) >= 11 is 0. The number of aryl methyl sites for hydroxylation is 1. The van der Waals surface area contributed by atoms with Crippen LogP contribution < -0.4 is 5.32 Å². The van der Waals surface area contributed by atoms with E-state index >= 15 is 0 Å². The standard InChI is InChI=1S/C14H15N/c1-9-4-3-5-12-11(9)6-7-13-14(12)10(2)8-15-13/h3-7,10,15H,8H2,1-2H3. The van der Waals surface area contributed by atoms with Gasteiger partial charge in [0.2, 0.25) is 0 Å². The molecule has 0 saturated heterocycles. The van der Waals surface area contributed by atoms with Crippen LogP contribution in [0.25, 0.3) is 10.8 Å². The molecule has 1 heterocycles. The van der Waals surface area contributed by atoms with Crippen molar-refractivity contribution in [2.24, 2.45) is 0 Å². The average molecular weight is 197 g/mol. The van der Waals surface area contributed by atoms with Gasteiger partial charge in [0.05, 0.1) is 0 Å². The second kappa shape index (κ2) is 2.99. The molecule has 15 heavy (non-hydrogen) atoms. The van der Waals surface area contributed by atoms with E-state index in [-0.39, 0.29) is 0 Å². The van der Waals surface area contributed by atoms with E-state index in [1.54, 1.807) is 0 Å². The highest BCUT2D eigenvalue weighted by molar-refractivity contribution is 5.93. The lowest BCUT2D eigenvalue weighted by Crippen LogP contribution is -1.96. The Morgan fingerprint density at radius 2 is 2.00 bits per heavy atom. The predicted octanol–water partition coefficient (Wildman–Crippen LogP) is 3.68. The van der Waals surface area contributed by atoms with Gasteiger partial charge >= 0.3 is 0 Å². The number of benzene rings is 2. The molecule has 0 fully saturated rings. The molecule has 0 aromatic heterocycles. The van der Waals surface area contributed by atoms with Crippen LogP contribution in [0.15, 0.2) is 30.3 Å². The summed E-state index contributed by atoms with van der Waals surface area (Å²) < 4.78 is 0. The molecular formula is C14H15N. The smallest absolute Gasteiger partial charge is 0.0382 e.